The molecule has 0 aromatic carbocycles. The summed E-state index contributed by atoms with van der Waals surface area (Å²) in [4.78, 5) is 66.9. The average Bonchev–Trinajstić information content (AvgIpc) is 3.61. The predicted molar refractivity (Wildman–Crippen MR) is 241 cm³/mol. The van der Waals surface area contributed by atoms with Crippen LogP contribution in [0, 0.1) is 23.2 Å². The van der Waals surface area contributed by atoms with Crippen molar-refractivity contribution in [3.63, 3.8) is 0 Å². The molecule has 2 fully saturated rings. The van der Waals surface area contributed by atoms with Gasteiger partial charge in [0, 0.05) is 37.5 Å². The molecule has 0 radical (unpaired) electrons. The molecule has 2 rings (SSSR count). The fourth-order valence-electron chi connectivity index (χ4n) is 8.42. The van der Waals surface area contributed by atoms with Crippen molar-refractivity contribution in [2.24, 2.45) is 23.2 Å². The molecule has 11 nitrogen and oxygen atoms in total. The third-order valence-electron chi connectivity index (χ3n) is 12.8. The maximum Gasteiger partial charge on any atom is 0.312 e. The van der Waals surface area contributed by atoms with E-state index in [0.29, 0.717) is 38.5 Å². The Morgan fingerprint density at radius 1 is 0.639 bits per heavy atom. The van der Waals surface area contributed by atoms with Crippen molar-refractivity contribution >= 4 is 29.8 Å². The van der Waals surface area contributed by atoms with E-state index in [1.165, 1.54) is 19.3 Å². The van der Waals surface area contributed by atoms with Crippen LogP contribution in [0.5, 0.6) is 0 Å². The van der Waals surface area contributed by atoms with E-state index in [-0.39, 0.29) is 86.4 Å². The van der Waals surface area contributed by atoms with Gasteiger partial charge >= 0.3 is 29.8 Å². The fraction of sp³-hybridized carbons (Fsp3) is 0.860. The number of nitrogens with zero attached hydrogens (tertiary/aromatic N) is 1. The lowest BCUT2D eigenvalue weighted by atomic mass is 9.80. The number of ether oxygens (including phenoxy) is 5. The van der Waals surface area contributed by atoms with E-state index in [1.54, 1.807) is 0 Å². The van der Waals surface area contributed by atoms with Gasteiger partial charge < -0.3 is 28.6 Å². The maximum atomic E-state index is 13.5. The molecule has 1 saturated heterocycles. The first-order chi connectivity index (χ1) is 29.4. The molecule has 1 heterocycles. The Hall–Kier alpha value is -2.95. The van der Waals surface area contributed by atoms with E-state index in [0.717, 1.165) is 109 Å². The monoisotopic (exact) mass is 862 g/mol. The second-order valence-electron chi connectivity index (χ2n) is 18.4. The zero-order valence-electron chi connectivity index (χ0n) is 39.5. The molecule has 4 atom stereocenters. The van der Waals surface area contributed by atoms with E-state index in [1.807, 2.05) is 6.92 Å². The van der Waals surface area contributed by atoms with Gasteiger partial charge in [-0.1, -0.05) is 104 Å². The maximum absolute atomic E-state index is 13.5. The van der Waals surface area contributed by atoms with Crippen molar-refractivity contribution in [3.05, 3.63) is 12.2 Å². The Morgan fingerprint density at radius 3 is 1.80 bits per heavy atom. The number of hydrogen-bond acceptors (Lipinski definition) is 11. The van der Waals surface area contributed by atoms with Crippen LogP contribution in [0.25, 0.3) is 0 Å². The Bertz CT molecular complexity index is 1230. The highest BCUT2D eigenvalue weighted by molar-refractivity contribution is 5.77. The van der Waals surface area contributed by atoms with Crippen LogP contribution in [0.15, 0.2) is 12.2 Å². The summed E-state index contributed by atoms with van der Waals surface area (Å²) in [6, 6.07) is 0. The molecule has 0 aromatic rings. The minimum Gasteiger partial charge on any atom is -0.465 e. The number of allylic oxidation sites excluding steroid dienone is 2. The molecule has 4 unspecified atom stereocenters. The molecule has 0 spiro atoms. The lowest BCUT2D eigenvalue weighted by molar-refractivity contribution is -0.166. The van der Waals surface area contributed by atoms with Crippen LogP contribution in [-0.2, 0) is 47.7 Å². The minimum absolute atomic E-state index is 0.0210. The van der Waals surface area contributed by atoms with Gasteiger partial charge in [-0.2, -0.15) is 0 Å². The van der Waals surface area contributed by atoms with Gasteiger partial charge in [-0.15, -0.1) is 0 Å². The second-order valence-corrected chi connectivity index (χ2v) is 18.4. The number of carbonyl (C=O) groups is 5. The minimum atomic E-state index is -0.523. The Morgan fingerprint density at radius 2 is 1.18 bits per heavy atom. The molecule has 0 amide bonds. The molecule has 0 bridgehead atoms. The zero-order valence-corrected chi connectivity index (χ0v) is 39.5. The van der Waals surface area contributed by atoms with Crippen LogP contribution in [0.2, 0.25) is 0 Å². The Labute approximate surface area is 370 Å². The lowest BCUT2D eigenvalue weighted by Gasteiger charge is -2.37. The van der Waals surface area contributed by atoms with Crippen molar-refractivity contribution in [2.75, 3.05) is 40.0 Å². The van der Waals surface area contributed by atoms with E-state index in [9.17, 15) is 24.0 Å². The molecule has 1 aliphatic carbocycles. The van der Waals surface area contributed by atoms with Gasteiger partial charge in [-0.25, -0.2) is 0 Å². The molecular weight excluding hydrogens is 775 g/mol. The van der Waals surface area contributed by atoms with Gasteiger partial charge in [-0.3, -0.25) is 24.0 Å². The summed E-state index contributed by atoms with van der Waals surface area (Å²) >= 11 is 0. The van der Waals surface area contributed by atoms with E-state index in [2.05, 4.69) is 51.8 Å². The molecule has 0 aromatic heterocycles. The largest absolute Gasteiger partial charge is 0.465 e. The third-order valence-corrected chi connectivity index (χ3v) is 12.8. The van der Waals surface area contributed by atoms with Gasteiger partial charge in [0.25, 0.3) is 0 Å². The first-order valence-corrected chi connectivity index (χ1v) is 24.6. The van der Waals surface area contributed by atoms with E-state index in [4.69, 9.17) is 23.7 Å². The smallest absolute Gasteiger partial charge is 0.312 e. The summed E-state index contributed by atoms with van der Waals surface area (Å²) < 4.78 is 29.2. The highest BCUT2D eigenvalue weighted by Gasteiger charge is 2.43. The molecule has 352 valence electrons. The SMILES string of the molecule is CC/C=C\CC1C(CC(=O)OCC(CCCCCCCC)OC(=O)CCCCC(COC(=O)CCCCC)COC(=O)CCCCC)CCC1OC(=O)C1(C)CCN(C)CC1. The van der Waals surface area contributed by atoms with Crippen molar-refractivity contribution in [1.82, 2.24) is 4.90 Å². The molecular formula is C50H87NO10. The van der Waals surface area contributed by atoms with E-state index >= 15 is 0 Å². The normalized spacial score (nSPS) is 19.5. The molecule has 1 aliphatic heterocycles. The van der Waals surface area contributed by atoms with Crippen molar-refractivity contribution in [2.45, 2.75) is 214 Å². The van der Waals surface area contributed by atoms with Gasteiger partial charge in [-0.05, 0) is 110 Å². The average molecular weight is 862 g/mol. The first kappa shape index (κ1) is 54.2. The highest BCUT2D eigenvalue weighted by atomic mass is 16.6. The fourth-order valence-corrected chi connectivity index (χ4v) is 8.42. The van der Waals surface area contributed by atoms with E-state index < -0.39 is 11.5 Å². The number of esters is 5. The van der Waals surface area contributed by atoms with Crippen LogP contribution in [-0.4, -0.2) is 86.9 Å². The second kappa shape index (κ2) is 32.7. The van der Waals surface area contributed by atoms with Gasteiger partial charge in [0.05, 0.1) is 18.6 Å². The van der Waals surface area contributed by atoms with Crippen molar-refractivity contribution < 1.29 is 47.7 Å². The summed E-state index contributed by atoms with van der Waals surface area (Å²) in [7, 11) is 2.08. The van der Waals surface area contributed by atoms with Gasteiger partial charge in [0.1, 0.15) is 18.8 Å². The quantitative estimate of drug-likeness (QED) is 0.0265. The number of piperidine rings is 1. The standard InChI is InChI=1S/C50H87NO10/c1-7-11-15-16-17-21-25-42(60-47(54)29-23-22-24-40(37-57-45(52)27-19-13-9-3)38-58-46(53)28-20-14-10-4)39-59-48(55)36-41-30-31-44(43(41)26-18-12-8-2)61-49(56)50(5)32-34-51(6)35-33-50/h12,18,40-44H,7-11,13-17,19-39H2,1-6H3/b18-12-. The first-order valence-electron chi connectivity index (χ1n) is 24.6. The number of likely N-dealkylation sites (tertiary alicyclic amines) is 1. The number of hydrogen-bond donors (Lipinski definition) is 0. The van der Waals surface area contributed by atoms with Crippen LogP contribution in [0.4, 0.5) is 0 Å². The Balaban J connectivity index is 1.95. The lowest BCUT2D eigenvalue weighted by Crippen LogP contribution is -2.43. The zero-order chi connectivity index (χ0) is 44.7. The third kappa shape index (κ3) is 23.9. The van der Waals surface area contributed by atoms with Crippen molar-refractivity contribution in [3.8, 4) is 0 Å². The van der Waals surface area contributed by atoms with Crippen LogP contribution >= 0.6 is 0 Å². The Kier molecular flexibility index (Phi) is 29.0. The van der Waals surface area contributed by atoms with Crippen molar-refractivity contribution in [1.29, 1.82) is 0 Å². The summed E-state index contributed by atoms with van der Waals surface area (Å²) in [5, 5.41) is 0. The molecule has 11 heteroatoms. The van der Waals surface area contributed by atoms with Crippen LogP contribution in [0.3, 0.4) is 0 Å². The number of unbranched alkanes of at least 4 members (excludes halogenated alkanes) is 10. The summed E-state index contributed by atoms with van der Waals surface area (Å²) in [5.74, 6) is -1.28. The van der Waals surface area contributed by atoms with Gasteiger partial charge in [0.2, 0.25) is 0 Å². The highest BCUT2D eigenvalue weighted by Crippen LogP contribution is 2.41. The van der Waals surface area contributed by atoms with Crippen LogP contribution < -0.4 is 0 Å². The molecule has 0 N–H and O–H groups in total. The summed E-state index contributed by atoms with van der Waals surface area (Å²) in [5.41, 5.74) is -0.480. The summed E-state index contributed by atoms with van der Waals surface area (Å²) in [6.07, 6.45) is 24.2. The van der Waals surface area contributed by atoms with Gasteiger partial charge in [0.15, 0.2) is 0 Å². The molecule has 61 heavy (non-hydrogen) atoms. The molecule has 2 aliphatic rings. The summed E-state index contributed by atoms with van der Waals surface area (Å²) in [6.45, 7) is 12.6. The molecule has 1 saturated carbocycles. The number of rotatable bonds is 34. The number of carbonyl (C=O) groups excluding carboxylic acids is 5. The van der Waals surface area contributed by atoms with Crippen LogP contribution in [0.1, 0.15) is 202 Å². The topological polar surface area (TPSA) is 135 Å². The predicted octanol–water partition coefficient (Wildman–Crippen LogP) is 11.0.